The Bertz CT molecular complexity index is 1090. The number of halogens is 1. The lowest BCUT2D eigenvalue weighted by Crippen LogP contribution is -2.33. The van der Waals surface area contributed by atoms with E-state index < -0.39 is 6.23 Å². The molecule has 2 N–H and O–H groups in total. The van der Waals surface area contributed by atoms with Gasteiger partial charge in [-0.3, -0.25) is 4.98 Å². The number of phenolic OH excluding ortho intramolecular Hbond substituents is 2. The second-order valence-electron chi connectivity index (χ2n) is 6.78. The Hall–Kier alpha value is -3.25. The fourth-order valence-electron chi connectivity index (χ4n) is 3.72. The minimum absolute atomic E-state index is 0.0732. The molecule has 0 bridgehead atoms. The van der Waals surface area contributed by atoms with Crippen LogP contribution in [-0.2, 0) is 0 Å². The highest BCUT2D eigenvalue weighted by atomic mass is 35.5. The first kappa shape index (κ1) is 16.9. The lowest BCUT2D eigenvalue weighted by Gasteiger charge is -2.38. The van der Waals surface area contributed by atoms with Gasteiger partial charge in [-0.2, -0.15) is 5.10 Å². The van der Waals surface area contributed by atoms with E-state index in [0.717, 1.165) is 16.9 Å². The van der Waals surface area contributed by atoms with E-state index in [1.54, 1.807) is 18.5 Å². The number of fused-ring (bicyclic) bond motifs is 3. The summed E-state index contributed by atoms with van der Waals surface area (Å²) in [4.78, 5) is 4.08. The molecule has 0 radical (unpaired) electrons. The quantitative estimate of drug-likeness (QED) is 0.631. The maximum atomic E-state index is 10.3. The number of nitrogens with zero attached hydrogens (tertiary/aromatic N) is 3. The van der Waals surface area contributed by atoms with Crippen molar-refractivity contribution in [1.82, 2.24) is 9.99 Å². The number of rotatable bonds is 2. The predicted molar refractivity (Wildman–Crippen MR) is 105 cm³/mol. The molecule has 2 aliphatic rings. The normalized spacial score (nSPS) is 20.2. The second kappa shape index (κ2) is 6.42. The van der Waals surface area contributed by atoms with E-state index in [2.05, 4.69) is 4.98 Å². The summed E-state index contributed by atoms with van der Waals surface area (Å²) in [7, 11) is 0. The van der Waals surface area contributed by atoms with Crippen molar-refractivity contribution in [3.8, 4) is 17.2 Å². The van der Waals surface area contributed by atoms with Crippen molar-refractivity contribution < 1.29 is 14.9 Å². The van der Waals surface area contributed by atoms with E-state index in [9.17, 15) is 10.2 Å². The van der Waals surface area contributed by atoms with Gasteiger partial charge in [0.1, 0.15) is 17.2 Å². The van der Waals surface area contributed by atoms with Gasteiger partial charge < -0.3 is 14.9 Å². The molecule has 3 aromatic rings. The topological polar surface area (TPSA) is 78.2 Å². The zero-order chi connectivity index (χ0) is 19.3. The van der Waals surface area contributed by atoms with Crippen molar-refractivity contribution in [3.05, 3.63) is 82.6 Å². The van der Waals surface area contributed by atoms with Crippen molar-refractivity contribution in [2.45, 2.75) is 18.7 Å². The van der Waals surface area contributed by atoms with Gasteiger partial charge in [-0.1, -0.05) is 11.6 Å². The summed E-state index contributed by atoms with van der Waals surface area (Å²) in [6.45, 7) is 0. The van der Waals surface area contributed by atoms with E-state index in [0.29, 0.717) is 22.7 Å². The first-order valence-electron chi connectivity index (χ1n) is 8.84. The number of ether oxygens (including phenoxy) is 1. The number of aromatic nitrogens is 1. The molecular formula is C21H16ClN3O3. The van der Waals surface area contributed by atoms with Gasteiger partial charge in [-0.15, -0.1) is 0 Å². The SMILES string of the molecule is Oc1ccc(O)c(C2=NN3[C@@H](C2)c2cc(Cl)ccc2O[C@H]3c2ccncc2)c1. The minimum atomic E-state index is -0.432. The standard InChI is InChI=1S/C21H16ClN3O3/c22-13-1-4-20-16(9-13)18-11-17(15-10-14(26)2-3-19(15)27)24-25(18)21(28-20)12-5-7-23-8-6-12/h1-10,18,21,26-27H,11H2/t18-,21-/m0/s1. The average Bonchev–Trinajstić information content (AvgIpc) is 3.15. The van der Waals surface area contributed by atoms with Gasteiger partial charge in [0.25, 0.3) is 0 Å². The molecule has 28 heavy (non-hydrogen) atoms. The molecule has 0 saturated carbocycles. The molecule has 3 heterocycles. The Balaban J connectivity index is 1.63. The van der Waals surface area contributed by atoms with Crippen LogP contribution < -0.4 is 4.74 Å². The van der Waals surface area contributed by atoms with Gasteiger partial charge in [0.05, 0.1) is 11.8 Å². The summed E-state index contributed by atoms with van der Waals surface area (Å²) in [5, 5.41) is 27.4. The van der Waals surface area contributed by atoms with Gasteiger partial charge in [-0.05, 0) is 48.5 Å². The van der Waals surface area contributed by atoms with Crippen molar-refractivity contribution in [3.63, 3.8) is 0 Å². The summed E-state index contributed by atoms with van der Waals surface area (Å²) in [5.74, 6) is 0.902. The molecule has 1 aromatic heterocycles. The number of aromatic hydroxyl groups is 2. The maximum absolute atomic E-state index is 10.3. The van der Waals surface area contributed by atoms with Crippen LogP contribution >= 0.6 is 11.6 Å². The van der Waals surface area contributed by atoms with Crippen molar-refractivity contribution >= 4 is 17.3 Å². The molecule has 0 aliphatic carbocycles. The molecule has 0 fully saturated rings. The first-order valence-corrected chi connectivity index (χ1v) is 9.22. The number of hydrogen-bond donors (Lipinski definition) is 2. The summed E-state index contributed by atoms with van der Waals surface area (Å²) in [6, 6.07) is 13.7. The molecule has 0 unspecified atom stereocenters. The van der Waals surface area contributed by atoms with Crippen LogP contribution in [0.4, 0.5) is 0 Å². The summed E-state index contributed by atoms with van der Waals surface area (Å²) < 4.78 is 6.25. The lowest BCUT2D eigenvalue weighted by molar-refractivity contribution is -0.0190. The highest BCUT2D eigenvalue weighted by Gasteiger charge is 2.41. The molecule has 0 saturated heterocycles. The highest BCUT2D eigenvalue weighted by Crippen LogP contribution is 2.48. The third-order valence-electron chi connectivity index (χ3n) is 5.03. The van der Waals surface area contributed by atoms with Crippen LogP contribution in [0.1, 0.15) is 35.4 Å². The average molecular weight is 394 g/mol. The molecule has 5 rings (SSSR count). The van der Waals surface area contributed by atoms with Crippen LogP contribution in [0.25, 0.3) is 0 Å². The monoisotopic (exact) mass is 393 g/mol. The van der Waals surface area contributed by atoms with Gasteiger partial charge in [0, 0.05) is 40.5 Å². The summed E-state index contributed by atoms with van der Waals surface area (Å²) >= 11 is 6.23. The molecule has 6 nitrogen and oxygen atoms in total. The Morgan fingerprint density at radius 1 is 1.04 bits per heavy atom. The van der Waals surface area contributed by atoms with E-state index in [1.807, 2.05) is 29.3 Å². The van der Waals surface area contributed by atoms with E-state index in [4.69, 9.17) is 21.4 Å². The predicted octanol–water partition coefficient (Wildman–Crippen LogP) is 4.39. The van der Waals surface area contributed by atoms with Crippen LogP contribution in [0.5, 0.6) is 17.2 Å². The molecule has 7 heteroatoms. The summed E-state index contributed by atoms with van der Waals surface area (Å²) in [6.07, 6.45) is 3.55. The Morgan fingerprint density at radius 2 is 1.86 bits per heavy atom. The third kappa shape index (κ3) is 2.73. The minimum Gasteiger partial charge on any atom is -0.508 e. The largest absolute Gasteiger partial charge is 0.508 e. The molecule has 140 valence electrons. The summed E-state index contributed by atoms with van der Waals surface area (Å²) in [5.41, 5.74) is 3.04. The number of hydrogen-bond acceptors (Lipinski definition) is 6. The fraction of sp³-hybridized carbons (Fsp3) is 0.143. The Kier molecular flexibility index (Phi) is 3.87. The number of pyridine rings is 1. The molecule has 0 spiro atoms. The number of benzene rings is 2. The maximum Gasteiger partial charge on any atom is 0.213 e. The van der Waals surface area contributed by atoms with Crippen LogP contribution in [0, 0.1) is 0 Å². The second-order valence-corrected chi connectivity index (χ2v) is 7.22. The van der Waals surface area contributed by atoms with Gasteiger partial charge >= 0.3 is 0 Å². The Labute approximate surface area is 166 Å². The Morgan fingerprint density at radius 3 is 2.68 bits per heavy atom. The lowest BCUT2D eigenvalue weighted by atomic mass is 9.95. The van der Waals surface area contributed by atoms with Crippen LogP contribution in [0.15, 0.2) is 66.0 Å². The van der Waals surface area contributed by atoms with Crippen LogP contribution in [0.3, 0.4) is 0 Å². The number of hydrazone groups is 1. The number of phenols is 2. The van der Waals surface area contributed by atoms with E-state index >= 15 is 0 Å². The van der Waals surface area contributed by atoms with Crippen molar-refractivity contribution in [2.75, 3.05) is 0 Å². The molecule has 2 atom stereocenters. The molecule has 2 aromatic carbocycles. The highest BCUT2D eigenvalue weighted by molar-refractivity contribution is 6.30. The van der Waals surface area contributed by atoms with Gasteiger partial charge in [0.2, 0.25) is 6.23 Å². The molecule has 0 amide bonds. The van der Waals surface area contributed by atoms with Crippen molar-refractivity contribution in [2.24, 2.45) is 5.10 Å². The van der Waals surface area contributed by atoms with Crippen molar-refractivity contribution in [1.29, 1.82) is 0 Å². The zero-order valence-electron chi connectivity index (χ0n) is 14.7. The fourth-order valence-corrected chi connectivity index (χ4v) is 3.90. The van der Waals surface area contributed by atoms with E-state index in [1.165, 1.54) is 18.2 Å². The molecular weight excluding hydrogens is 378 g/mol. The smallest absolute Gasteiger partial charge is 0.213 e. The van der Waals surface area contributed by atoms with Crippen LogP contribution in [0.2, 0.25) is 5.02 Å². The molecule has 2 aliphatic heterocycles. The third-order valence-corrected chi connectivity index (χ3v) is 5.27. The van der Waals surface area contributed by atoms with Gasteiger partial charge in [0.15, 0.2) is 0 Å². The van der Waals surface area contributed by atoms with E-state index in [-0.39, 0.29) is 17.5 Å². The first-order chi connectivity index (χ1) is 13.6. The zero-order valence-corrected chi connectivity index (χ0v) is 15.4. The van der Waals surface area contributed by atoms with Gasteiger partial charge in [-0.25, -0.2) is 5.01 Å². The van der Waals surface area contributed by atoms with Crippen LogP contribution in [-0.4, -0.2) is 25.9 Å².